The molecule has 0 amide bonds. The zero-order chi connectivity index (χ0) is 8.49. The van der Waals surface area contributed by atoms with E-state index in [0.717, 1.165) is 12.8 Å². The van der Waals surface area contributed by atoms with Crippen molar-refractivity contribution in [2.45, 2.75) is 19.3 Å². The molecule has 0 saturated heterocycles. The van der Waals surface area contributed by atoms with E-state index in [9.17, 15) is 0 Å². The third kappa shape index (κ3) is 4.73. The van der Waals surface area contributed by atoms with Gasteiger partial charge in [-0.1, -0.05) is 48.6 Å². The van der Waals surface area contributed by atoms with Crippen LogP contribution in [0.15, 0.2) is 48.6 Å². The Morgan fingerprint density at radius 1 is 0.583 bits per heavy atom. The van der Waals surface area contributed by atoms with Gasteiger partial charge in [0.05, 0.1) is 0 Å². The summed E-state index contributed by atoms with van der Waals surface area (Å²) in [6.45, 7) is 0. The number of allylic oxidation sites excluding steroid dienone is 8. The minimum atomic E-state index is 1.09. The van der Waals surface area contributed by atoms with E-state index >= 15 is 0 Å². The lowest BCUT2D eigenvalue weighted by atomic mass is 10.1. The van der Waals surface area contributed by atoms with Crippen molar-refractivity contribution in [1.29, 1.82) is 0 Å². The maximum absolute atomic E-state index is 2.31. The van der Waals surface area contributed by atoms with E-state index in [4.69, 9.17) is 0 Å². The molecule has 0 aliphatic heterocycles. The van der Waals surface area contributed by atoms with Crippen LogP contribution in [-0.2, 0) is 0 Å². The van der Waals surface area contributed by atoms with Crippen LogP contribution in [0.3, 0.4) is 0 Å². The predicted molar refractivity (Wildman–Crippen MR) is 54.7 cm³/mol. The molecule has 0 aromatic rings. The summed E-state index contributed by atoms with van der Waals surface area (Å²) in [4.78, 5) is 0. The summed E-state index contributed by atoms with van der Waals surface area (Å²) < 4.78 is 0. The normalized spacial score (nSPS) is 29.3. The SMILES string of the molecule is [CH]1C/C=C/C=C\C=C\C=C/CC1. The molecule has 0 heterocycles. The fourth-order valence-electron chi connectivity index (χ4n) is 1.02. The molecule has 1 radical (unpaired) electrons. The zero-order valence-electron chi connectivity index (χ0n) is 7.32. The molecule has 0 fully saturated rings. The molecule has 0 saturated carbocycles. The van der Waals surface area contributed by atoms with Crippen molar-refractivity contribution in [3.8, 4) is 0 Å². The molecular weight excluding hydrogens is 144 g/mol. The molecule has 0 heteroatoms. The van der Waals surface area contributed by atoms with Gasteiger partial charge in [-0.05, 0) is 25.7 Å². The van der Waals surface area contributed by atoms with Gasteiger partial charge in [0, 0.05) is 0 Å². The second-order valence-electron chi connectivity index (χ2n) is 2.73. The predicted octanol–water partition coefficient (Wildman–Crippen LogP) is 3.60. The zero-order valence-corrected chi connectivity index (χ0v) is 7.32. The van der Waals surface area contributed by atoms with Crippen molar-refractivity contribution in [2.75, 3.05) is 0 Å². The highest BCUT2D eigenvalue weighted by Crippen LogP contribution is 2.01. The Hall–Kier alpha value is -1.04. The van der Waals surface area contributed by atoms with Gasteiger partial charge in [-0.3, -0.25) is 0 Å². The first-order valence-corrected chi connectivity index (χ1v) is 4.47. The lowest BCUT2D eigenvalue weighted by Gasteiger charge is -1.91. The Kier molecular flexibility index (Phi) is 5.02. The van der Waals surface area contributed by atoms with E-state index in [1.165, 1.54) is 6.42 Å². The highest BCUT2D eigenvalue weighted by atomic mass is 13.9. The van der Waals surface area contributed by atoms with Gasteiger partial charge in [-0.2, -0.15) is 0 Å². The molecule has 1 aliphatic carbocycles. The molecule has 0 nitrogen and oxygen atoms in total. The van der Waals surface area contributed by atoms with Gasteiger partial charge in [-0.15, -0.1) is 0 Å². The monoisotopic (exact) mass is 159 g/mol. The van der Waals surface area contributed by atoms with Gasteiger partial charge < -0.3 is 0 Å². The van der Waals surface area contributed by atoms with Crippen LogP contribution in [0.4, 0.5) is 0 Å². The van der Waals surface area contributed by atoms with Gasteiger partial charge in [-0.25, -0.2) is 0 Å². The van der Waals surface area contributed by atoms with Crippen molar-refractivity contribution in [3.63, 3.8) is 0 Å². The molecule has 0 aromatic heterocycles. The smallest absolute Gasteiger partial charge is 0.0316 e. The molecule has 0 aromatic carbocycles. The van der Waals surface area contributed by atoms with Crippen LogP contribution < -0.4 is 0 Å². The molecule has 0 N–H and O–H groups in total. The second kappa shape index (κ2) is 6.66. The molecule has 1 rings (SSSR count). The summed E-state index contributed by atoms with van der Waals surface area (Å²) in [6.07, 6.45) is 22.5. The maximum Gasteiger partial charge on any atom is -0.0316 e. The van der Waals surface area contributed by atoms with E-state index in [-0.39, 0.29) is 0 Å². The lowest BCUT2D eigenvalue weighted by Crippen LogP contribution is -1.73. The third-order valence-corrected chi connectivity index (χ3v) is 1.67. The maximum atomic E-state index is 2.31. The Balaban J connectivity index is 2.43. The van der Waals surface area contributed by atoms with E-state index in [0.29, 0.717) is 0 Å². The van der Waals surface area contributed by atoms with Crippen molar-refractivity contribution >= 4 is 0 Å². The van der Waals surface area contributed by atoms with Crippen LogP contribution in [0.2, 0.25) is 0 Å². The summed E-state index contributed by atoms with van der Waals surface area (Å²) >= 11 is 0. The molecule has 63 valence electrons. The molecule has 1 aliphatic rings. The Morgan fingerprint density at radius 3 is 2.08 bits per heavy atom. The van der Waals surface area contributed by atoms with E-state index < -0.39 is 0 Å². The second-order valence-corrected chi connectivity index (χ2v) is 2.73. The van der Waals surface area contributed by atoms with Crippen molar-refractivity contribution in [1.82, 2.24) is 0 Å². The Bertz CT molecular complexity index is 180. The highest BCUT2D eigenvalue weighted by Gasteiger charge is 1.82. The molecule has 0 bridgehead atoms. The van der Waals surface area contributed by atoms with Gasteiger partial charge in [0.15, 0.2) is 0 Å². The van der Waals surface area contributed by atoms with Crippen LogP contribution in [0.5, 0.6) is 0 Å². The van der Waals surface area contributed by atoms with Crippen LogP contribution in [0.1, 0.15) is 19.3 Å². The number of hydrogen-bond acceptors (Lipinski definition) is 0. The summed E-state index contributed by atoms with van der Waals surface area (Å²) in [6, 6.07) is 0. The van der Waals surface area contributed by atoms with E-state index in [1.807, 2.05) is 12.2 Å². The topological polar surface area (TPSA) is 0 Å². The number of rotatable bonds is 0. The first-order chi connectivity index (χ1) is 6.00. The van der Waals surface area contributed by atoms with Gasteiger partial charge in [0.2, 0.25) is 0 Å². The van der Waals surface area contributed by atoms with Gasteiger partial charge >= 0.3 is 0 Å². The fourth-order valence-corrected chi connectivity index (χ4v) is 1.02. The molecule has 0 spiro atoms. The average Bonchev–Trinajstić information content (AvgIpc) is 2.05. The Labute approximate surface area is 75.0 Å². The van der Waals surface area contributed by atoms with Gasteiger partial charge in [0.25, 0.3) is 0 Å². The summed E-state index contributed by atoms with van der Waals surface area (Å²) in [5.41, 5.74) is 0. The van der Waals surface area contributed by atoms with Crippen molar-refractivity contribution < 1.29 is 0 Å². The highest BCUT2D eigenvalue weighted by molar-refractivity contribution is 5.16. The summed E-state index contributed by atoms with van der Waals surface area (Å²) in [5.74, 6) is 0. The minimum absolute atomic E-state index is 1.09. The summed E-state index contributed by atoms with van der Waals surface area (Å²) in [7, 11) is 0. The van der Waals surface area contributed by atoms with E-state index in [1.54, 1.807) is 0 Å². The average molecular weight is 159 g/mol. The third-order valence-electron chi connectivity index (χ3n) is 1.67. The standard InChI is InChI=1S/C12H15/c1-2-4-6-8-10-12-11-9-7-5-3-1/h1-8,11H,9-10,12H2/b3-1-,4-2+,7-5+,8-6-. The van der Waals surface area contributed by atoms with Crippen LogP contribution in [0, 0.1) is 6.42 Å². The van der Waals surface area contributed by atoms with Gasteiger partial charge in [0.1, 0.15) is 0 Å². The number of hydrogen-bond donors (Lipinski definition) is 0. The molecule has 12 heavy (non-hydrogen) atoms. The van der Waals surface area contributed by atoms with Crippen LogP contribution in [0.25, 0.3) is 0 Å². The van der Waals surface area contributed by atoms with Crippen LogP contribution >= 0.6 is 0 Å². The lowest BCUT2D eigenvalue weighted by molar-refractivity contribution is 0.934. The first kappa shape index (κ1) is 9.05. The fraction of sp³-hybridized carbons (Fsp3) is 0.250. The minimum Gasteiger partial charge on any atom is -0.0845 e. The molecule has 0 unspecified atom stereocenters. The van der Waals surface area contributed by atoms with Crippen LogP contribution in [-0.4, -0.2) is 0 Å². The molecular formula is C12H15. The quantitative estimate of drug-likeness (QED) is 0.506. The molecule has 0 atom stereocenters. The Morgan fingerprint density at radius 2 is 1.25 bits per heavy atom. The summed E-state index contributed by atoms with van der Waals surface area (Å²) in [5, 5.41) is 0. The largest absolute Gasteiger partial charge is 0.0845 e. The van der Waals surface area contributed by atoms with Crippen molar-refractivity contribution in [3.05, 3.63) is 55.0 Å². The first-order valence-electron chi connectivity index (χ1n) is 4.47. The van der Waals surface area contributed by atoms with E-state index in [2.05, 4.69) is 42.9 Å². The van der Waals surface area contributed by atoms with Crippen molar-refractivity contribution in [2.24, 2.45) is 0 Å².